The van der Waals surface area contributed by atoms with Crippen LogP contribution in [0.2, 0.25) is 0 Å². The molecule has 1 unspecified atom stereocenters. The van der Waals surface area contributed by atoms with Crippen molar-refractivity contribution in [3.63, 3.8) is 0 Å². The van der Waals surface area contributed by atoms with E-state index in [1.54, 1.807) is 10.5 Å². The highest BCUT2D eigenvalue weighted by Crippen LogP contribution is 2.33. The van der Waals surface area contributed by atoms with Crippen LogP contribution in [-0.4, -0.2) is 46.2 Å². The highest BCUT2D eigenvalue weighted by Gasteiger charge is 2.37. The predicted molar refractivity (Wildman–Crippen MR) is 114 cm³/mol. The van der Waals surface area contributed by atoms with Crippen LogP contribution in [0.4, 0.5) is 0 Å². The average Bonchev–Trinajstić information content (AvgIpc) is 3.29. The number of aromatic nitrogens is 3. The van der Waals surface area contributed by atoms with Gasteiger partial charge < -0.3 is 4.42 Å². The van der Waals surface area contributed by atoms with Crippen molar-refractivity contribution in [2.45, 2.75) is 56.1 Å². The molecule has 158 valence electrons. The molecule has 0 amide bonds. The van der Waals surface area contributed by atoms with Gasteiger partial charge in [-0.15, -0.1) is 10.2 Å². The molecule has 30 heavy (non-hydrogen) atoms. The van der Waals surface area contributed by atoms with Crippen LogP contribution in [0.1, 0.15) is 56.8 Å². The first kappa shape index (κ1) is 19.6. The zero-order valence-electron chi connectivity index (χ0n) is 16.9. The molecular formula is C22H26N4O3S. The Morgan fingerprint density at radius 3 is 2.67 bits per heavy atom. The third-order valence-electron chi connectivity index (χ3n) is 6.38. The molecule has 8 heteroatoms. The van der Waals surface area contributed by atoms with E-state index < -0.39 is 10.0 Å². The molecule has 0 bridgehead atoms. The fourth-order valence-corrected chi connectivity index (χ4v) is 6.86. The molecule has 5 rings (SSSR count). The van der Waals surface area contributed by atoms with Crippen LogP contribution < -0.4 is 0 Å². The van der Waals surface area contributed by atoms with Crippen molar-refractivity contribution in [3.05, 3.63) is 42.4 Å². The number of piperidine rings is 1. The molecule has 0 radical (unpaired) electrons. The zero-order chi connectivity index (χ0) is 20.6. The molecule has 1 aliphatic carbocycles. The van der Waals surface area contributed by atoms with E-state index in [1.807, 2.05) is 30.3 Å². The van der Waals surface area contributed by atoms with Crippen molar-refractivity contribution >= 4 is 20.8 Å². The van der Waals surface area contributed by atoms with Gasteiger partial charge in [0.2, 0.25) is 15.9 Å². The lowest BCUT2D eigenvalue weighted by molar-refractivity contribution is 0.280. The Labute approximate surface area is 176 Å². The van der Waals surface area contributed by atoms with Crippen LogP contribution >= 0.6 is 0 Å². The molecule has 2 aromatic heterocycles. The first-order valence-corrected chi connectivity index (χ1v) is 12.3. The Morgan fingerprint density at radius 2 is 1.80 bits per heavy atom. The molecule has 1 aliphatic heterocycles. The maximum atomic E-state index is 13.1. The van der Waals surface area contributed by atoms with Gasteiger partial charge in [-0.25, -0.2) is 12.7 Å². The monoisotopic (exact) mass is 426 g/mol. The van der Waals surface area contributed by atoms with E-state index in [4.69, 9.17) is 4.42 Å². The molecule has 1 atom stereocenters. The van der Waals surface area contributed by atoms with E-state index in [1.165, 1.54) is 0 Å². The molecule has 1 saturated heterocycles. The lowest BCUT2D eigenvalue weighted by Crippen LogP contribution is -2.44. The summed E-state index contributed by atoms with van der Waals surface area (Å²) in [5.74, 6) is 0.811. The molecule has 7 nitrogen and oxygen atoms in total. The van der Waals surface area contributed by atoms with Gasteiger partial charge in [0, 0.05) is 24.7 Å². The summed E-state index contributed by atoms with van der Waals surface area (Å²) >= 11 is 0. The fourth-order valence-electron chi connectivity index (χ4n) is 4.73. The number of hydrogen-bond acceptors (Lipinski definition) is 6. The van der Waals surface area contributed by atoms with Gasteiger partial charge in [-0.3, -0.25) is 4.98 Å². The first-order chi connectivity index (χ1) is 14.6. The van der Waals surface area contributed by atoms with Gasteiger partial charge in [0.1, 0.15) is 5.69 Å². The normalized spacial score (nSPS) is 21.8. The Hall–Kier alpha value is -2.32. The SMILES string of the molecule is O=S(=O)(C1CCCCC1)N1CCCC(c2nnc(-c3nccc4ccccc34)o2)C1. The largest absolute Gasteiger partial charge is 0.419 e. The number of benzene rings is 1. The van der Waals surface area contributed by atoms with Crippen LogP contribution in [0, 0.1) is 0 Å². The van der Waals surface area contributed by atoms with Gasteiger partial charge >= 0.3 is 0 Å². The van der Waals surface area contributed by atoms with Crippen LogP contribution in [0.3, 0.4) is 0 Å². The van der Waals surface area contributed by atoms with E-state index in [0.29, 0.717) is 30.6 Å². The minimum Gasteiger partial charge on any atom is -0.419 e. The number of fused-ring (bicyclic) bond motifs is 1. The number of hydrogen-bond donors (Lipinski definition) is 0. The molecule has 2 aliphatic rings. The zero-order valence-corrected chi connectivity index (χ0v) is 17.7. The molecule has 0 N–H and O–H groups in total. The molecule has 1 aromatic carbocycles. The van der Waals surface area contributed by atoms with E-state index in [2.05, 4.69) is 15.2 Å². The van der Waals surface area contributed by atoms with Crippen molar-refractivity contribution in [3.8, 4) is 11.6 Å². The lowest BCUT2D eigenvalue weighted by Gasteiger charge is -2.34. The summed E-state index contributed by atoms with van der Waals surface area (Å²) in [6.07, 6.45) is 8.10. The second-order valence-corrected chi connectivity index (χ2v) is 10.5. The highest BCUT2D eigenvalue weighted by atomic mass is 32.2. The summed E-state index contributed by atoms with van der Waals surface area (Å²) in [5, 5.41) is 10.3. The van der Waals surface area contributed by atoms with Crippen molar-refractivity contribution < 1.29 is 12.8 Å². The van der Waals surface area contributed by atoms with Gasteiger partial charge in [-0.1, -0.05) is 43.5 Å². The van der Waals surface area contributed by atoms with Crippen LogP contribution in [-0.2, 0) is 10.0 Å². The van der Waals surface area contributed by atoms with Gasteiger partial charge in [0.15, 0.2) is 0 Å². The molecule has 1 saturated carbocycles. The molecular weight excluding hydrogens is 400 g/mol. The summed E-state index contributed by atoms with van der Waals surface area (Å²) in [6.45, 7) is 1.00. The number of pyridine rings is 1. The second kappa shape index (κ2) is 8.07. The smallest absolute Gasteiger partial charge is 0.266 e. The minimum absolute atomic E-state index is 0.0756. The van der Waals surface area contributed by atoms with Crippen LogP contribution in [0.5, 0.6) is 0 Å². The maximum Gasteiger partial charge on any atom is 0.266 e. The maximum absolute atomic E-state index is 13.1. The number of sulfonamides is 1. The van der Waals surface area contributed by atoms with Crippen molar-refractivity contribution in [1.82, 2.24) is 19.5 Å². The Kier molecular flexibility index (Phi) is 5.28. The van der Waals surface area contributed by atoms with Crippen molar-refractivity contribution in [2.75, 3.05) is 13.1 Å². The summed E-state index contributed by atoms with van der Waals surface area (Å²) in [5.41, 5.74) is 0.661. The van der Waals surface area contributed by atoms with Gasteiger partial charge in [-0.2, -0.15) is 0 Å². The second-order valence-electron chi connectivity index (χ2n) is 8.33. The van der Waals surface area contributed by atoms with E-state index >= 15 is 0 Å². The first-order valence-electron chi connectivity index (χ1n) is 10.8. The van der Waals surface area contributed by atoms with Crippen LogP contribution in [0.25, 0.3) is 22.4 Å². The molecule has 3 aromatic rings. The summed E-state index contributed by atoms with van der Waals surface area (Å²) in [4.78, 5) is 4.45. The van der Waals surface area contributed by atoms with Crippen molar-refractivity contribution in [2.24, 2.45) is 0 Å². The molecule has 3 heterocycles. The molecule has 2 fully saturated rings. The standard InChI is InChI=1S/C22H26N4O3S/c27-30(28,18-9-2-1-3-10-18)26-14-6-8-17(15-26)21-24-25-22(29-21)20-19-11-5-4-7-16(19)12-13-23-20/h4-5,7,11-13,17-18H,1-3,6,8-10,14-15H2. The summed E-state index contributed by atoms with van der Waals surface area (Å²) < 4.78 is 34.0. The molecule has 0 spiro atoms. The summed E-state index contributed by atoms with van der Waals surface area (Å²) in [7, 11) is -3.27. The number of nitrogens with zero attached hydrogens (tertiary/aromatic N) is 4. The number of rotatable bonds is 4. The van der Waals surface area contributed by atoms with Crippen molar-refractivity contribution in [1.29, 1.82) is 0 Å². The van der Waals surface area contributed by atoms with Gasteiger partial charge in [-0.05, 0) is 37.1 Å². The highest BCUT2D eigenvalue weighted by molar-refractivity contribution is 7.89. The Morgan fingerprint density at radius 1 is 0.967 bits per heavy atom. The quantitative estimate of drug-likeness (QED) is 0.623. The summed E-state index contributed by atoms with van der Waals surface area (Å²) in [6, 6.07) is 9.90. The third kappa shape index (κ3) is 3.63. The minimum atomic E-state index is -3.27. The van der Waals surface area contributed by atoms with Gasteiger partial charge in [0.25, 0.3) is 5.89 Å². The van der Waals surface area contributed by atoms with E-state index in [0.717, 1.165) is 55.7 Å². The Balaban J connectivity index is 1.38. The van der Waals surface area contributed by atoms with Crippen LogP contribution in [0.15, 0.2) is 40.9 Å². The fraction of sp³-hybridized carbons (Fsp3) is 0.500. The average molecular weight is 427 g/mol. The predicted octanol–water partition coefficient (Wildman–Crippen LogP) is 4.13. The van der Waals surface area contributed by atoms with E-state index in [9.17, 15) is 8.42 Å². The lowest BCUT2D eigenvalue weighted by atomic mass is 10.00. The van der Waals surface area contributed by atoms with Gasteiger partial charge in [0.05, 0.1) is 11.2 Å². The topological polar surface area (TPSA) is 89.2 Å². The van der Waals surface area contributed by atoms with E-state index in [-0.39, 0.29) is 11.2 Å². The Bertz CT molecular complexity index is 1130. The third-order valence-corrected chi connectivity index (χ3v) is 8.75.